The molecule has 0 bridgehead atoms. The standard InChI is InChI=1S/C10H14/c1-8-4-5-9(2)7-10(3)6-8/h4,6-7H,5H2,1-3H3. The molecule has 1 rings (SSSR count). The SMILES string of the molecule is CC1=CCC(C)=CC(C)=C1. The molecule has 0 nitrogen and oxygen atoms in total. The van der Waals surface area contributed by atoms with Gasteiger partial charge in [-0.25, -0.2) is 0 Å². The second-order valence-electron chi connectivity index (χ2n) is 3.03. The molecular weight excluding hydrogens is 120 g/mol. The summed E-state index contributed by atoms with van der Waals surface area (Å²) in [5, 5.41) is 0. The molecule has 0 unspecified atom stereocenters. The van der Waals surface area contributed by atoms with Crippen LogP contribution in [-0.2, 0) is 0 Å². The van der Waals surface area contributed by atoms with Crippen LogP contribution in [0.1, 0.15) is 27.2 Å². The van der Waals surface area contributed by atoms with Gasteiger partial charge in [0.2, 0.25) is 0 Å². The van der Waals surface area contributed by atoms with Crippen LogP contribution in [0.3, 0.4) is 0 Å². The molecule has 0 radical (unpaired) electrons. The molecule has 0 heterocycles. The van der Waals surface area contributed by atoms with Crippen LogP contribution in [0.4, 0.5) is 0 Å². The maximum absolute atomic E-state index is 2.27. The molecule has 0 atom stereocenters. The van der Waals surface area contributed by atoms with E-state index in [-0.39, 0.29) is 0 Å². The van der Waals surface area contributed by atoms with E-state index < -0.39 is 0 Å². The van der Waals surface area contributed by atoms with Crippen molar-refractivity contribution < 1.29 is 0 Å². The molecular formula is C10H14. The topological polar surface area (TPSA) is 0 Å². The molecule has 0 fully saturated rings. The van der Waals surface area contributed by atoms with Crippen molar-refractivity contribution in [2.24, 2.45) is 0 Å². The Morgan fingerprint density at radius 1 is 1.00 bits per heavy atom. The van der Waals surface area contributed by atoms with Gasteiger partial charge in [0.15, 0.2) is 0 Å². The van der Waals surface area contributed by atoms with Gasteiger partial charge in [0.1, 0.15) is 0 Å². The molecule has 0 heteroatoms. The molecule has 0 aromatic rings. The number of allylic oxidation sites excluding steroid dienone is 6. The first-order valence-electron chi connectivity index (χ1n) is 3.71. The Labute approximate surface area is 62.9 Å². The Morgan fingerprint density at radius 2 is 1.70 bits per heavy atom. The zero-order chi connectivity index (χ0) is 7.56. The van der Waals surface area contributed by atoms with E-state index in [1.54, 1.807) is 0 Å². The van der Waals surface area contributed by atoms with Gasteiger partial charge in [-0.05, 0) is 27.2 Å². The third-order valence-corrected chi connectivity index (χ3v) is 1.68. The lowest BCUT2D eigenvalue weighted by atomic mass is 10.2. The predicted molar refractivity (Wildman–Crippen MR) is 45.9 cm³/mol. The largest absolute Gasteiger partial charge is 0.0775 e. The fourth-order valence-corrected chi connectivity index (χ4v) is 1.23. The smallest absolute Gasteiger partial charge is 0.0133 e. The van der Waals surface area contributed by atoms with Crippen molar-refractivity contribution in [3.63, 3.8) is 0 Å². The summed E-state index contributed by atoms with van der Waals surface area (Å²) in [5.74, 6) is 0. The van der Waals surface area contributed by atoms with E-state index in [1.807, 2.05) is 0 Å². The van der Waals surface area contributed by atoms with Crippen molar-refractivity contribution in [1.29, 1.82) is 0 Å². The van der Waals surface area contributed by atoms with Crippen LogP contribution in [0.15, 0.2) is 34.9 Å². The average molecular weight is 134 g/mol. The van der Waals surface area contributed by atoms with Gasteiger partial charge in [-0.2, -0.15) is 0 Å². The van der Waals surface area contributed by atoms with Crippen LogP contribution < -0.4 is 0 Å². The Balaban J connectivity index is 2.90. The lowest BCUT2D eigenvalue weighted by molar-refractivity contribution is 1.20. The number of hydrogen-bond donors (Lipinski definition) is 0. The Morgan fingerprint density at radius 3 is 2.40 bits per heavy atom. The second-order valence-corrected chi connectivity index (χ2v) is 3.03. The van der Waals surface area contributed by atoms with Crippen LogP contribution in [0, 0.1) is 0 Å². The first-order chi connectivity index (χ1) is 4.68. The maximum atomic E-state index is 2.27. The van der Waals surface area contributed by atoms with E-state index in [2.05, 4.69) is 39.0 Å². The Bertz CT molecular complexity index is 214. The summed E-state index contributed by atoms with van der Waals surface area (Å²) in [6.07, 6.45) is 7.84. The normalized spacial score (nSPS) is 18.9. The summed E-state index contributed by atoms with van der Waals surface area (Å²) >= 11 is 0. The second kappa shape index (κ2) is 2.87. The summed E-state index contributed by atoms with van der Waals surface area (Å²) < 4.78 is 0. The Hall–Kier alpha value is -0.780. The van der Waals surface area contributed by atoms with Crippen LogP contribution in [0.5, 0.6) is 0 Å². The third kappa shape index (κ3) is 1.87. The zero-order valence-corrected chi connectivity index (χ0v) is 6.94. The van der Waals surface area contributed by atoms with Crippen LogP contribution >= 0.6 is 0 Å². The van der Waals surface area contributed by atoms with Crippen molar-refractivity contribution in [3.8, 4) is 0 Å². The van der Waals surface area contributed by atoms with Crippen molar-refractivity contribution in [1.82, 2.24) is 0 Å². The van der Waals surface area contributed by atoms with E-state index in [9.17, 15) is 0 Å². The molecule has 1 aliphatic carbocycles. The van der Waals surface area contributed by atoms with Gasteiger partial charge in [0.25, 0.3) is 0 Å². The minimum atomic E-state index is 1.11. The fraction of sp³-hybridized carbons (Fsp3) is 0.400. The van der Waals surface area contributed by atoms with Gasteiger partial charge in [-0.15, -0.1) is 0 Å². The fourth-order valence-electron chi connectivity index (χ4n) is 1.23. The van der Waals surface area contributed by atoms with Crippen LogP contribution in [0.25, 0.3) is 0 Å². The molecule has 0 N–H and O–H groups in total. The predicted octanol–water partition coefficient (Wildman–Crippen LogP) is 3.23. The highest BCUT2D eigenvalue weighted by molar-refractivity contribution is 5.33. The quantitative estimate of drug-likeness (QED) is 0.477. The highest BCUT2D eigenvalue weighted by Crippen LogP contribution is 2.14. The van der Waals surface area contributed by atoms with Gasteiger partial charge < -0.3 is 0 Å². The Kier molecular flexibility index (Phi) is 2.10. The molecule has 10 heavy (non-hydrogen) atoms. The van der Waals surface area contributed by atoms with Crippen molar-refractivity contribution >= 4 is 0 Å². The lowest BCUT2D eigenvalue weighted by Crippen LogP contribution is -1.70. The van der Waals surface area contributed by atoms with E-state index >= 15 is 0 Å². The summed E-state index contributed by atoms with van der Waals surface area (Å²) in [6.45, 7) is 6.47. The minimum Gasteiger partial charge on any atom is -0.0775 e. The van der Waals surface area contributed by atoms with Gasteiger partial charge in [0.05, 0.1) is 0 Å². The molecule has 0 aromatic heterocycles. The molecule has 0 amide bonds. The van der Waals surface area contributed by atoms with Crippen LogP contribution in [-0.4, -0.2) is 0 Å². The first kappa shape index (κ1) is 7.33. The summed E-state index contributed by atoms with van der Waals surface area (Å²) in [6, 6.07) is 0. The number of hydrogen-bond acceptors (Lipinski definition) is 0. The van der Waals surface area contributed by atoms with E-state index in [0.717, 1.165) is 6.42 Å². The summed E-state index contributed by atoms with van der Waals surface area (Å²) in [7, 11) is 0. The van der Waals surface area contributed by atoms with Gasteiger partial charge >= 0.3 is 0 Å². The van der Waals surface area contributed by atoms with Crippen molar-refractivity contribution in [2.45, 2.75) is 27.2 Å². The third-order valence-electron chi connectivity index (χ3n) is 1.68. The van der Waals surface area contributed by atoms with Gasteiger partial charge in [-0.1, -0.05) is 34.9 Å². The van der Waals surface area contributed by atoms with Crippen LogP contribution in [0.2, 0.25) is 0 Å². The molecule has 0 spiro atoms. The molecule has 0 saturated carbocycles. The highest BCUT2D eigenvalue weighted by atomic mass is 14.0. The molecule has 0 aliphatic heterocycles. The van der Waals surface area contributed by atoms with E-state index in [4.69, 9.17) is 0 Å². The monoisotopic (exact) mass is 134 g/mol. The van der Waals surface area contributed by atoms with Crippen molar-refractivity contribution in [2.75, 3.05) is 0 Å². The van der Waals surface area contributed by atoms with Gasteiger partial charge in [0, 0.05) is 0 Å². The van der Waals surface area contributed by atoms with E-state index in [0.29, 0.717) is 0 Å². The summed E-state index contributed by atoms with van der Waals surface area (Å²) in [4.78, 5) is 0. The molecule has 0 saturated heterocycles. The molecule has 0 aromatic carbocycles. The zero-order valence-electron chi connectivity index (χ0n) is 6.94. The summed E-state index contributed by atoms with van der Waals surface area (Å²) in [5.41, 5.74) is 4.19. The number of rotatable bonds is 0. The van der Waals surface area contributed by atoms with Crippen molar-refractivity contribution in [3.05, 3.63) is 34.9 Å². The lowest BCUT2D eigenvalue weighted by Gasteiger charge is -1.91. The van der Waals surface area contributed by atoms with E-state index in [1.165, 1.54) is 16.7 Å². The molecule has 54 valence electrons. The highest BCUT2D eigenvalue weighted by Gasteiger charge is 1.94. The minimum absolute atomic E-state index is 1.11. The van der Waals surface area contributed by atoms with Gasteiger partial charge in [-0.3, -0.25) is 0 Å². The molecule has 1 aliphatic rings. The average Bonchev–Trinajstić information content (AvgIpc) is 1.93. The first-order valence-corrected chi connectivity index (χ1v) is 3.71. The maximum Gasteiger partial charge on any atom is -0.0133 e.